The van der Waals surface area contributed by atoms with E-state index in [-0.39, 0.29) is 5.91 Å². The molecule has 24 heavy (non-hydrogen) atoms. The first-order valence-electron chi connectivity index (χ1n) is 8.19. The van der Waals surface area contributed by atoms with Gasteiger partial charge in [-0.25, -0.2) is 9.97 Å². The van der Waals surface area contributed by atoms with Gasteiger partial charge in [-0.1, -0.05) is 18.2 Å². The quantitative estimate of drug-likeness (QED) is 0.755. The fourth-order valence-corrected chi connectivity index (χ4v) is 2.37. The van der Waals surface area contributed by atoms with Crippen LogP contribution in [0.15, 0.2) is 42.7 Å². The third kappa shape index (κ3) is 5.03. The number of nitrogens with zero attached hydrogens (tertiary/aromatic N) is 4. The predicted molar refractivity (Wildman–Crippen MR) is 97.5 cm³/mol. The molecule has 2 rings (SSSR count). The molecule has 1 amide bonds. The van der Waals surface area contributed by atoms with Gasteiger partial charge >= 0.3 is 0 Å². The van der Waals surface area contributed by atoms with Crippen LogP contribution in [0, 0.1) is 0 Å². The highest BCUT2D eigenvalue weighted by molar-refractivity contribution is 6.05. The molecule has 0 saturated carbocycles. The summed E-state index contributed by atoms with van der Waals surface area (Å²) in [4.78, 5) is 24.9. The molecule has 1 N–H and O–H groups in total. The Bertz CT molecular complexity index is 645. The lowest BCUT2D eigenvalue weighted by Gasteiger charge is -2.20. The Labute approximate surface area is 143 Å². The average Bonchev–Trinajstić information content (AvgIpc) is 2.60. The molecule has 0 atom stereocenters. The van der Waals surface area contributed by atoms with Crippen LogP contribution in [-0.4, -0.2) is 54.5 Å². The Kier molecular flexibility index (Phi) is 6.69. The second kappa shape index (κ2) is 8.98. The molecular weight excluding hydrogens is 302 g/mol. The van der Waals surface area contributed by atoms with Crippen LogP contribution in [0.4, 0.5) is 11.5 Å². The Morgan fingerprint density at radius 2 is 1.92 bits per heavy atom. The highest BCUT2D eigenvalue weighted by Crippen LogP contribution is 2.16. The number of hydrogen-bond acceptors (Lipinski definition) is 5. The maximum Gasteiger partial charge on any atom is 0.277 e. The Morgan fingerprint density at radius 1 is 1.17 bits per heavy atom. The second-order valence-electron chi connectivity index (χ2n) is 5.76. The fourth-order valence-electron chi connectivity index (χ4n) is 2.37. The summed E-state index contributed by atoms with van der Waals surface area (Å²) in [7, 11) is 4.09. The van der Waals surface area contributed by atoms with Crippen molar-refractivity contribution in [1.29, 1.82) is 0 Å². The Hall–Kier alpha value is -2.47. The Morgan fingerprint density at radius 3 is 2.58 bits per heavy atom. The minimum Gasteiger partial charge on any atom is -0.370 e. The van der Waals surface area contributed by atoms with Crippen LogP contribution in [0.5, 0.6) is 0 Å². The van der Waals surface area contributed by atoms with Gasteiger partial charge in [-0.15, -0.1) is 0 Å². The first kappa shape index (κ1) is 17.9. The summed E-state index contributed by atoms with van der Waals surface area (Å²) < 4.78 is 0. The van der Waals surface area contributed by atoms with Crippen molar-refractivity contribution in [2.75, 3.05) is 43.9 Å². The molecule has 1 aromatic heterocycles. The molecule has 6 nitrogen and oxygen atoms in total. The zero-order chi connectivity index (χ0) is 17.4. The van der Waals surface area contributed by atoms with Crippen LogP contribution in [0.1, 0.15) is 23.8 Å². The molecule has 2 aromatic rings. The molecule has 0 saturated heterocycles. The number of hydrogen-bond donors (Lipinski definition) is 1. The average molecular weight is 327 g/mol. The molecule has 0 aliphatic rings. The van der Waals surface area contributed by atoms with E-state index in [2.05, 4.69) is 20.2 Å². The number of aromatic nitrogens is 2. The van der Waals surface area contributed by atoms with Gasteiger partial charge in [0, 0.05) is 24.8 Å². The van der Waals surface area contributed by atoms with Crippen LogP contribution in [-0.2, 0) is 0 Å². The summed E-state index contributed by atoms with van der Waals surface area (Å²) in [5.74, 6) is 0.554. The zero-order valence-electron chi connectivity index (χ0n) is 14.6. The van der Waals surface area contributed by atoms with Crippen molar-refractivity contribution in [3.63, 3.8) is 0 Å². The zero-order valence-corrected chi connectivity index (χ0v) is 14.6. The van der Waals surface area contributed by atoms with E-state index < -0.39 is 0 Å². The van der Waals surface area contributed by atoms with Crippen LogP contribution in [0.2, 0.25) is 0 Å². The van der Waals surface area contributed by atoms with Gasteiger partial charge in [0.1, 0.15) is 17.8 Å². The molecule has 1 heterocycles. The molecule has 0 aliphatic carbocycles. The van der Waals surface area contributed by atoms with E-state index in [9.17, 15) is 4.79 Å². The van der Waals surface area contributed by atoms with E-state index in [1.807, 2.05) is 51.4 Å². The SMILES string of the molecule is CCN(C(=O)c1cc(NCCCN(C)C)ncn1)c1ccccc1. The van der Waals surface area contributed by atoms with Gasteiger partial charge in [-0.3, -0.25) is 4.79 Å². The minimum absolute atomic E-state index is 0.123. The summed E-state index contributed by atoms with van der Waals surface area (Å²) in [6.45, 7) is 4.34. The van der Waals surface area contributed by atoms with E-state index in [1.54, 1.807) is 11.0 Å². The summed E-state index contributed by atoms with van der Waals surface area (Å²) in [6, 6.07) is 11.3. The number of carbonyl (C=O) groups excluding carboxylic acids is 1. The lowest BCUT2D eigenvalue weighted by molar-refractivity contribution is 0.0983. The first-order valence-corrected chi connectivity index (χ1v) is 8.19. The normalized spacial score (nSPS) is 10.7. The van der Waals surface area contributed by atoms with Crippen molar-refractivity contribution >= 4 is 17.4 Å². The molecule has 0 spiro atoms. The van der Waals surface area contributed by atoms with Crippen molar-refractivity contribution in [3.8, 4) is 0 Å². The minimum atomic E-state index is -0.123. The van der Waals surface area contributed by atoms with Gasteiger partial charge in [-0.2, -0.15) is 0 Å². The van der Waals surface area contributed by atoms with E-state index in [1.165, 1.54) is 6.33 Å². The van der Waals surface area contributed by atoms with Crippen LogP contribution >= 0.6 is 0 Å². The molecule has 128 valence electrons. The number of rotatable bonds is 8. The number of nitrogens with one attached hydrogen (secondary N) is 1. The van der Waals surface area contributed by atoms with Gasteiger partial charge in [0.05, 0.1) is 0 Å². The molecule has 0 bridgehead atoms. The summed E-state index contributed by atoms with van der Waals surface area (Å²) in [5.41, 5.74) is 1.26. The van der Waals surface area contributed by atoms with Gasteiger partial charge in [-0.05, 0) is 46.1 Å². The fraction of sp³-hybridized carbons (Fsp3) is 0.389. The van der Waals surface area contributed by atoms with Crippen molar-refractivity contribution in [3.05, 3.63) is 48.4 Å². The van der Waals surface area contributed by atoms with Crippen molar-refractivity contribution < 1.29 is 4.79 Å². The maximum absolute atomic E-state index is 12.7. The monoisotopic (exact) mass is 327 g/mol. The van der Waals surface area contributed by atoms with E-state index in [0.717, 1.165) is 25.2 Å². The lowest BCUT2D eigenvalue weighted by Crippen LogP contribution is -2.31. The molecular formula is C18H25N5O. The van der Waals surface area contributed by atoms with E-state index in [4.69, 9.17) is 0 Å². The summed E-state index contributed by atoms with van der Waals surface area (Å²) in [6.07, 6.45) is 2.44. The molecule has 0 radical (unpaired) electrons. The summed E-state index contributed by atoms with van der Waals surface area (Å²) in [5, 5.41) is 3.24. The number of para-hydroxylation sites is 1. The highest BCUT2D eigenvalue weighted by atomic mass is 16.2. The standard InChI is InChI=1S/C18H25N5O/c1-4-23(15-9-6-5-7-10-15)18(24)16-13-17(21-14-20-16)19-11-8-12-22(2)3/h5-7,9-10,13-14H,4,8,11-12H2,1-3H3,(H,19,20,21). The highest BCUT2D eigenvalue weighted by Gasteiger charge is 2.17. The number of carbonyl (C=O) groups is 1. The molecule has 0 unspecified atom stereocenters. The maximum atomic E-state index is 12.7. The topological polar surface area (TPSA) is 61.4 Å². The molecule has 0 aliphatic heterocycles. The first-order chi connectivity index (χ1) is 11.6. The predicted octanol–water partition coefficient (Wildman–Crippen LogP) is 2.51. The van der Waals surface area contributed by atoms with Crippen LogP contribution in [0.3, 0.4) is 0 Å². The van der Waals surface area contributed by atoms with E-state index >= 15 is 0 Å². The van der Waals surface area contributed by atoms with Gasteiger partial charge in [0.25, 0.3) is 5.91 Å². The number of amides is 1. The molecule has 6 heteroatoms. The van der Waals surface area contributed by atoms with Crippen molar-refractivity contribution in [2.24, 2.45) is 0 Å². The summed E-state index contributed by atoms with van der Waals surface area (Å²) >= 11 is 0. The van der Waals surface area contributed by atoms with Crippen LogP contribution in [0.25, 0.3) is 0 Å². The van der Waals surface area contributed by atoms with Crippen molar-refractivity contribution in [1.82, 2.24) is 14.9 Å². The van der Waals surface area contributed by atoms with Crippen LogP contribution < -0.4 is 10.2 Å². The van der Waals surface area contributed by atoms with Crippen molar-refractivity contribution in [2.45, 2.75) is 13.3 Å². The lowest BCUT2D eigenvalue weighted by atomic mass is 10.2. The molecule has 1 aromatic carbocycles. The van der Waals surface area contributed by atoms with Gasteiger partial charge in [0.15, 0.2) is 0 Å². The smallest absolute Gasteiger partial charge is 0.277 e. The Balaban J connectivity index is 2.05. The van der Waals surface area contributed by atoms with Gasteiger partial charge < -0.3 is 15.1 Å². The second-order valence-corrected chi connectivity index (χ2v) is 5.76. The molecule has 0 fully saturated rings. The number of benzene rings is 1. The van der Waals surface area contributed by atoms with Gasteiger partial charge in [0.2, 0.25) is 0 Å². The third-order valence-corrected chi connectivity index (χ3v) is 3.60. The largest absolute Gasteiger partial charge is 0.370 e. The van der Waals surface area contributed by atoms with E-state index in [0.29, 0.717) is 18.1 Å². The number of anilines is 2. The third-order valence-electron chi connectivity index (χ3n) is 3.60.